The predicted octanol–water partition coefficient (Wildman–Crippen LogP) is 2.90. The highest BCUT2D eigenvalue weighted by atomic mass is 15.0. The number of nitrogens with two attached hydrogens (primary N) is 1. The van der Waals surface area contributed by atoms with Gasteiger partial charge in [-0.15, -0.1) is 0 Å². The molecular formula is C14H14N4. The first-order valence-corrected chi connectivity index (χ1v) is 5.61. The molecule has 0 bridgehead atoms. The van der Waals surface area contributed by atoms with E-state index in [0.717, 1.165) is 5.69 Å². The first kappa shape index (κ1) is 11.9. The molecule has 2 aromatic rings. The molecule has 0 aliphatic rings. The molecule has 90 valence electrons. The summed E-state index contributed by atoms with van der Waals surface area (Å²) in [6, 6.07) is 11.5. The summed E-state index contributed by atoms with van der Waals surface area (Å²) in [7, 11) is 0. The van der Waals surface area contributed by atoms with Gasteiger partial charge in [-0.3, -0.25) is 0 Å². The molecule has 0 fully saturated rings. The molecule has 0 saturated heterocycles. The third-order valence-electron chi connectivity index (χ3n) is 2.81. The van der Waals surface area contributed by atoms with Crippen molar-refractivity contribution in [2.24, 2.45) is 0 Å². The van der Waals surface area contributed by atoms with Gasteiger partial charge in [0.1, 0.15) is 11.9 Å². The largest absolute Gasteiger partial charge is 0.396 e. The maximum absolute atomic E-state index is 8.87. The number of hydrogen-bond acceptors (Lipinski definition) is 4. The number of rotatable bonds is 2. The molecule has 0 radical (unpaired) electrons. The standard InChI is InChI=1S/C14H14N4/c1-9-3-4-11(7-10(9)2)17-14-6-5-12(16)13(8-15)18-14/h3-7H,16H2,1-2H3,(H,17,18). The Hall–Kier alpha value is -2.54. The van der Waals surface area contributed by atoms with Crippen LogP contribution in [0.4, 0.5) is 17.2 Å². The van der Waals surface area contributed by atoms with Crippen LogP contribution >= 0.6 is 0 Å². The van der Waals surface area contributed by atoms with E-state index in [0.29, 0.717) is 11.5 Å². The Bertz CT molecular complexity index is 626. The van der Waals surface area contributed by atoms with Crippen LogP contribution in [0.5, 0.6) is 0 Å². The second-order valence-electron chi connectivity index (χ2n) is 4.17. The summed E-state index contributed by atoms with van der Waals surface area (Å²) in [5, 5.41) is 12.0. The minimum atomic E-state index is 0.240. The van der Waals surface area contributed by atoms with Crippen LogP contribution in [0.15, 0.2) is 30.3 Å². The van der Waals surface area contributed by atoms with Gasteiger partial charge in [0.15, 0.2) is 5.69 Å². The van der Waals surface area contributed by atoms with E-state index in [1.807, 2.05) is 24.3 Å². The van der Waals surface area contributed by atoms with Gasteiger partial charge in [0, 0.05) is 5.69 Å². The smallest absolute Gasteiger partial charge is 0.165 e. The Morgan fingerprint density at radius 2 is 1.94 bits per heavy atom. The lowest BCUT2D eigenvalue weighted by Crippen LogP contribution is -1.99. The zero-order valence-electron chi connectivity index (χ0n) is 10.4. The van der Waals surface area contributed by atoms with Crippen molar-refractivity contribution >= 4 is 17.2 Å². The highest BCUT2D eigenvalue weighted by molar-refractivity contribution is 5.61. The Kier molecular flexibility index (Phi) is 3.16. The number of hydrogen-bond donors (Lipinski definition) is 2. The molecule has 1 aromatic heterocycles. The van der Waals surface area contributed by atoms with Crippen LogP contribution in [0.2, 0.25) is 0 Å². The Balaban J connectivity index is 2.29. The summed E-state index contributed by atoms with van der Waals surface area (Å²) in [5.74, 6) is 0.615. The second kappa shape index (κ2) is 4.76. The molecule has 1 aromatic carbocycles. The van der Waals surface area contributed by atoms with Crippen molar-refractivity contribution in [3.05, 3.63) is 47.2 Å². The third kappa shape index (κ3) is 2.41. The average molecular weight is 238 g/mol. The number of nitrogens with one attached hydrogen (secondary N) is 1. The fourth-order valence-corrected chi connectivity index (χ4v) is 1.60. The summed E-state index contributed by atoms with van der Waals surface area (Å²) in [6.07, 6.45) is 0. The van der Waals surface area contributed by atoms with Crippen LogP contribution in [0.25, 0.3) is 0 Å². The quantitative estimate of drug-likeness (QED) is 0.843. The lowest BCUT2D eigenvalue weighted by atomic mass is 10.1. The highest BCUT2D eigenvalue weighted by Gasteiger charge is 2.03. The van der Waals surface area contributed by atoms with E-state index >= 15 is 0 Å². The van der Waals surface area contributed by atoms with E-state index in [1.165, 1.54) is 11.1 Å². The number of aromatic nitrogens is 1. The predicted molar refractivity (Wildman–Crippen MR) is 72.6 cm³/mol. The van der Waals surface area contributed by atoms with Crippen molar-refractivity contribution in [1.82, 2.24) is 4.98 Å². The normalized spacial score (nSPS) is 9.83. The summed E-state index contributed by atoms with van der Waals surface area (Å²) in [4.78, 5) is 4.14. The summed E-state index contributed by atoms with van der Waals surface area (Å²) in [6.45, 7) is 4.12. The number of nitrogens with zero attached hydrogens (tertiary/aromatic N) is 2. The molecule has 18 heavy (non-hydrogen) atoms. The fraction of sp³-hybridized carbons (Fsp3) is 0.143. The number of nitrogen functional groups attached to an aromatic ring is 1. The van der Waals surface area contributed by atoms with Gasteiger partial charge in [0.05, 0.1) is 5.69 Å². The van der Waals surface area contributed by atoms with Crippen LogP contribution in [0.3, 0.4) is 0 Å². The van der Waals surface area contributed by atoms with Gasteiger partial charge in [-0.1, -0.05) is 6.07 Å². The topological polar surface area (TPSA) is 74.7 Å². The number of nitriles is 1. The average Bonchev–Trinajstić information content (AvgIpc) is 2.36. The SMILES string of the molecule is Cc1ccc(Nc2ccc(N)c(C#N)n2)cc1C. The molecule has 3 N–H and O–H groups in total. The second-order valence-corrected chi connectivity index (χ2v) is 4.17. The lowest BCUT2D eigenvalue weighted by Gasteiger charge is -2.08. The van der Waals surface area contributed by atoms with Gasteiger partial charge in [-0.25, -0.2) is 4.98 Å². The van der Waals surface area contributed by atoms with Crippen LogP contribution in [0.1, 0.15) is 16.8 Å². The molecule has 0 saturated carbocycles. The lowest BCUT2D eigenvalue weighted by molar-refractivity contribution is 1.25. The zero-order valence-corrected chi connectivity index (χ0v) is 10.4. The van der Waals surface area contributed by atoms with E-state index in [1.54, 1.807) is 12.1 Å². The molecule has 0 spiro atoms. The third-order valence-corrected chi connectivity index (χ3v) is 2.81. The Morgan fingerprint density at radius 1 is 1.17 bits per heavy atom. The molecule has 0 aliphatic carbocycles. The van der Waals surface area contributed by atoms with Gasteiger partial charge in [0.2, 0.25) is 0 Å². The summed E-state index contributed by atoms with van der Waals surface area (Å²) >= 11 is 0. The van der Waals surface area contributed by atoms with Gasteiger partial charge in [-0.05, 0) is 49.2 Å². The van der Waals surface area contributed by atoms with Crippen molar-refractivity contribution in [3.63, 3.8) is 0 Å². The van der Waals surface area contributed by atoms with Gasteiger partial charge in [0.25, 0.3) is 0 Å². The molecule has 0 atom stereocenters. The fourth-order valence-electron chi connectivity index (χ4n) is 1.60. The van der Waals surface area contributed by atoms with Gasteiger partial charge >= 0.3 is 0 Å². The van der Waals surface area contributed by atoms with Gasteiger partial charge in [-0.2, -0.15) is 5.26 Å². The number of pyridine rings is 1. The Labute approximate surface area is 106 Å². The van der Waals surface area contributed by atoms with E-state index in [2.05, 4.69) is 24.1 Å². The monoisotopic (exact) mass is 238 g/mol. The van der Waals surface area contributed by atoms with E-state index in [9.17, 15) is 0 Å². The molecule has 0 aliphatic heterocycles. The Morgan fingerprint density at radius 3 is 2.61 bits per heavy atom. The molecule has 2 rings (SSSR count). The van der Waals surface area contributed by atoms with Crippen LogP contribution < -0.4 is 11.1 Å². The molecular weight excluding hydrogens is 224 g/mol. The van der Waals surface area contributed by atoms with E-state index in [-0.39, 0.29) is 5.69 Å². The summed E-state index contributed by atoms with van der Waals surface area (Å²) in [5.41, 5.74) is 9.64. The molecule has 0 amide bonds. The van der Waals surface area contributed by atoms with Crippen molar-refractivity contribution in [3.8, 4) is 6.07 Å². The minimum Gasteiger partial charge on any atom is -0.396 e. The van der Waals surface area contributed by atoms with E-state index in [4.69, 9.17) is 11.0 Å². The summed E-state index contributed by atoms with van der Waals surface area (Å²) < 4.78 is 0. The first-order valence-electron chi connectivity index (χ1n) is 5.61. The number of benzene rings is 1. The van der Waals surface area contributed by atoms with Crippen LogP contribution in [0, 0.1) is 25.2 Å². The first-order chi connectivity index (χ1) is 8.60. The molecule has 4 heteroatoms. The number of aryl methyl sites for hydroxylation is 2. The molecule has 1 heterocycles. The number of anilines is 3. The van der Waals surface area contributed by atoms with Crippen molar-refractivity contribution in [2.45, 2.75) is 13.8 Å². The van der Waals surface area contributed by atoms with Crippen LogP contribution in [-0.4, -0.2) is 4.98 Å². The maximum atomic E-state index is 8.87. The molecule has 0 unspecified atom stereocenters. The maximum Gasteiger partial charge on any atom is 0.165 e. The molecule has 4 nitrogen and oxygen atoms in total. The van der Waals surface area contributed by atoms with E-state index < -0.39 is 0 Å². The van der Waals surface area contributed by atoms with Gasteiger partial charge < -0.3 is 11.1 Å². The van der Waals surface area contributed by atoms with Crippen molar-refractivity contribution < 1.29 is 0 Å². The van der Waals surface area contributed by atoms with Crippen LogP contribution in [-0.2, 0) is 0 Å². The minimum absolute atomic E-state index is 0.240. The zero-order chi connectivity index (χ0) is 13.1. The van der Waals surface area contributed by atoms with Crippen molar-refractivity contribution in [2.75, 3.05) is 11.1 Å². The highest BCUT2D eigenvalue weighted by Crippen LogP contribution is 2.20. The van der Waals surface area contributed by atoms with Crippen molar-refractivity contribution in [1.29, 1.82) is 5.26 Å².